The molecule has 0 saturated carbocycles. The summed E-state index contributed by atoms with van der Waals surface area (Å²) >= 11 is 7.83. The Morgan fingerprint density at radius 1 is 1.11 bits per heavy atom. The van der Waals surface area contributed by atoms with Crippen molar-refractivity contribution < 1.29 is 0 Å². The van der Waals surface area contributed by atoms with Gasteiger partial charge in [0.25, 0.3) is 0 Å². The number of benzene rings is 2. The highest BCUT2D eigenvalue weighted by atomic mass is 35.5. The highest BCUT2D eigenvalue weighted by Crippen LogP contribution is 2.29. The summed E-state index contributed by atoms with van der Waals surface area (Å²) < 4.78 is 0. The lowest BCUT2D eigenvalue weighted by atomic mass is 10.0. The maximum Gasteiger partial charge on any atom is 0.0541 e. The first-order valence-electron chi connectivity index (χ1n) is 5.87. The lowest BCUT2D eigenvalue weighted by molar-refractivity contribution is 0.823. The maximum absolute atomic E-state index is 6.23. The Kier molecular flexibility index (Phi) is 4.70. The van der Waals surface area contributed by atoms with Gasteiger partial charge in [0.1, 0.15) is 0 Å². The van der Waals surface area contributed by atoms with E-state index in [0.29, 0.717) is 0 Å². The van der Waals surface area contributed by atoms with E-state index >= 15 is 0 Å². The molecule has 0 aromatic heterocycles. The number of aryl methyl sites for hydroxylation is 1. The van der Waals surface area contributed by atoms with Gasteiger partial charge in [-0.2, -0.15) is 0 Å². The van der Waals surface area contributed by atoms with Gasteiger partial charge in [0.15, 0.2) is 0 Å². The van der Waals surface area contributed by atoms with Crippen LogP contribution in [0, 0.1) is 6.92 Å². The van der Waals surface area contributed by atoms with Gasteiger partial charge in [-0.1, -0.05) is 48.0 Å². The molecule has 2 aromatic rings. The third-order valence-electron chi connectivity index (χ3n) is 2.84. The standard InChI is InChI=1S/C15H16ClNS/c1-11-6-2-3-7-12(11)14(17)10-18-15-9-5-4-8-13(15)16/h2-9,14H,10,17H2,1H3. The Morgan fingerprint density at radius 2 is 1.78 bits per heavy atom. The van der Waals surface area contributed by atoms with Crippen LogP contribution in [0.2, 0.25) is 5.02 Å². The molecule has 0 saturated heterocycles. The van der Waals surface area contributed by atoms with Gasteiger partial charge in [-0.25, -0.2) is 0 Å². The predicted molar refractivity (Wildman–Crippen MR) is 80.3 cm³/mol. The second-order valence-corrected chi connectivity index (χ2v) is 5.67. The summed E-state index contributed by atoms with van der Waals surface area (Å²) in [5, 5.41) is 0.791. The molecule has 1 unspecified atom stereocenters. The van der Waals surface area contributed by atoms with Crippen molar-refractivity contribution in [1.82, 2.24) is 0 Å². The normalized spacial score (nSPS) is 12.4. The van der Waals surface area contributed by atoms with Crippen molar-refractivity contribution in [2.45, 2.75) is 17.9 Å². The highest BCUT2D eigenvalue weighted by Gasteiger charge is 2.09. The Bertz CT molecular complexity index is 527. The smallest absolute Gasteiger partial charge is 0.0541 e. The van der Waals surface area contributed by atoms with Crippen molar-refractivity contribution in [2.75, 3.05) is 5.75 Å². The first kappa shape index (κ1) is 13.5. The number of nitrogens with two attached hydrogens (primary N) is 1. The molecule has 18 heavy (non-hydrogen) atoms. The van der Waals surface area contributed by atoms with Crippen LogP contribution in [0.25, 0.3) is 0 Å². The third-order valence-corrected chi connectivity index (χ3v) is 4.48. The summed E-state index contributed by atoms with van der Waals surface area (Å²) in [7, 11) is 0. The zero-order valence-electron chi connectivity index (χ0n) is 10.3. The minimum absolute atomic E-state index is 0.0347. The second-order valence-electron chi connectivity index (χ2n) is 4.20. The minimum atomic E-state index is 0.0347. The van der Waals surface area contributed by atoms with Gasteiger partial charge in [-0.05, 0) is 30.2 Å². The fraction of sp³-hybridized carbons (Fsp3) is 0.200. The Balaban J connectivity index is 2.03. The van der Waals surface area contributed by atoms with Crippen molar-refractivity contribution in [1.29, 1.82) is 0 Å². The van der Waals surface area contributed by atoms with Crippen LogP contribution in [0.5, 0.6) is 0 Å². The lowest BCUT2D eigenvalue weighted by Gasteiger charge is -2.14. The van der Waals surface area contributed by atoms with Crippen LogP contribution < -0.4 is 5.73 Å². The molecule has 1 nitrogen and oxygen atoms in total. The van der Waals surface area contributed by atoms with E-state index in [1.54, 1.807) is 11.8 Å². The molecule has 0 spiro atoms. The highest BCUT2D eigenvalue weighted by molar-refractivity contribution is 7.99. The molecule has 2 N–H and O–H groups in total. The van der Waals surface area contributed by atoms with E-state index in [-0.39, 0.29) is 6.04 Å². The largest absolute Gasteiger partial charge is 0.323 e. The topological polar surface area (TPSA) is 26.0 Å². The second kappa shape index (κ2) is 6.28. The van der Waals surface area contributed by atoms with Gasteiger partial charge in [-0.3, -0.25) is 0 Å². The van der Waals surface area contributed by atoms with Crippen molar-refractivity contribution in [2.24, 2.45) is 5.73 Å². The van der Waals surface area contributed by atoms with Crippen molar-refractivity contribution in [3.05, 3.63) is 64.7 Å². The summed E-state index contributed by atoms with van der Waals surface area (Å²) in [6.45, 7) is 2.09. The predicted octanol–water partition coefficient (Wildman–Crippen LogP) is 4.44. The number of thioether (sulfide) groups is 1. The molecule has 0 bridgehead atoms. The first-order chi connectivity index (χ1) is 8.68. The molecule has 0 heterocycles. The minimum Gasteiger partial charge on any atom is -0.323 e. The zero-order chi connectivity index (χ0) is 13.0. The van der Waals surface area contributed by atoms with Gasteiger partial charge in [0, 0.05) is 16.7 Å². The third kappa shape index (κ3) is 3.29. The van der Waals surface area contributed by atoms with Crippen LogP contribution >= 0.6 is 23.4 Å². The van der Waals surface area contributed by atoms with Gasteiger partial charge >= 0.3 is 0 Å². The Hall–Kier alpha value is -0.960. The molecule has 0 fully saturated rings. The average Bonchev–Trinajstić information content (AvgIpc) is 2.38. The molecular formula is C15H16ClNS. The molecule has 1 atom stereocenters. The van der Waals surface area contributed by atoms with E-state index in [1.165, 1.54) is 11.1 Å². The van der Waals surface area contributed by atoms with Crippen molar-refractivity contribution in [3.63, 3.8) is 0 Å². The first-order valence-corrected chi connectivity index (χ1v) is 7.23. The Labute approximate surface area is 117 Å². The molecule has 3 heteroatoms. The zero-order valence-corrected chi connectivity index (χ0v) is 11.8. The molecule has 0 amide bonds. The van der Waals surface area contributed by atoms with E-state index in [4.69, 9.17) is 17.3 Å². The molecule has 2 aromatic carbocycles. The molecule has 0 aliphatic rings. The van der Waals surface area contributed by atoms with E-state index < -0.39 is 0 Å². The van der Waals surface area contributed by atoms with Gasteiger partial charge in [0.05, 0.1) is 5.02 Å². The summed E-state index contributed by atoms with van der Waals surface area (Å²) in [5.74, 6) is 0.828. The van der Waals surface area contributed by atoms with Crippen LogP contribution in [0.1, 0.15) is 17.2 Å². The van der Waals surface area contributed by atoms with Crippen LogP contribution in [0.3, 0.4) is 0 Å². The number of hydrogen-bond donors (Lipinski definition) is 1. The molecular weight excluding hydrogens is 262 g/mol. The number of halogens is 1. The van der Waals surface area contributed by atoms with Gasteiger partial charge in [-0.15, -0.1) is 11.8 Å². The van der Waals surface area contributed by atoms with E-state index in [0.717, 1.165) is 15.7 Å². The average molecular weight is 278 g/mol. The number of rotatable bonds is 4. The monoisotopic (exact) mass is 277 g/mol. The SMILES string of the molecule is Cc1ccccc1C(N)CSc1ccccc1Cl. The van der Waals surface area contributed by atoms with Crippen molar-refractivity contribution in [3.8, 4) is 0 Å². The lowest BCUT2D eigenvalue weighted by Crippen LogP contribution is -2.14. The quantitative estimate of drug-likeness (QED) is 0.836. The fourth-order valence-electron chi connectivity index (χ4n) is 1.83. The van der Waals surface area contributed by atoms with Gasteiger partial charge in [0.2, 0.25) is 0 Å². The fourth-order valence-corrected chi connectivity index (χ4v) is 3.05. The van der Waals surface area contributed by atoms with Crippen LogP contribution in [-0.4, -0.2) is 5.75 Å². The van der Waals surface area contributed by atoms with E-state index in [2.05, 4.69) is 19.1 Å². The summed E-state index contributed by atoms with van der Waals surface area (Å²) in [6.07, 6.45) is 0. The van der Waals surface area contributed by atoms with Gasteiger partial charge < -0.3 is 5.73 Å². The summed E-state index contributed by atoms with van der Waals surface area (Å²) in [4.78, 5) is 1.09. The molecule has 0 radical (unpaired) electrons. The van der Waals surface area contributed by atoms with Crippen molar-refractivity contribution >= 4 is 23.4 Å². The maximum atomic E-state index is 6.23. The molecule has 94 valence electrons. The molecule has 0 aliphatic heterocycles. The summed E-state index contributed by atoms with van der Waals surface area (Å²) in [6, 6.07) is 16.1. The summed E-state index contributed by atoms with van der Waals surface area (Å²) in [5.41, 5.74) is 8.68. The van der Waals surface area contributed by atoms with E-state index in [9.17, 15) is 0 Å². The molecule has 0 aliphatic carbocycles. The Morgan fingerprint density at radius 3 is 2.50 bits per heavy atom. The van der Waals surface area contributed by atoms with Crippen LogP contribution in [0.15, 0.2) is 53.4 Å². The van der Waals surface area contributed by atoms with E-state index in [1.807, 2.05) is 36.4 Å². The van der Waals surface area contributed by atoms with Crippen LogP contribution in [0.4, 0.5) is 0 Å². The molecule has 2 rings (SSSR count). The van der Waals surface area contributed by atoms with Crippen LogP contribution in [-0.2, 0) is 0 Å². The number of hydrogen-bond acceptors (Lipinski definition) is 2.